The van der Waals surface area contributed by atoms with Crippen LogP contribution in [0, 0.1) is 13.8 Å². The SMILES string of the molecule is Cc1ccn2cc(Cn3cnc4c(C)cc(Cl)cc4c3=O)nc2c1. The van der Waals surface area contributed by atoms with E-state index in [1.807, 2.05) is 48.8 Å². The van der Waals surface area contributed by atoms with Crippen LogP contribution in [0.5, 0.6) is 0 Å². The van der Waals surface area contributed by atoms with Crippen molar-refractivity contribution in [3.63, 3.8) is 0 Å². The van der Waals surface area contributed by atoms with Crippen LogP contribution in [-0.2, 0) is 6.54 Å². The van der Waals surface area contributed by atoms with E-state index < -0.39 is 0 Å². The van der Waals surface area contributed by atoms with E-state index in [-0.39, 0.29) is 5.56 Å². The van der Waals surface area contributed by atoms with Gasteiger partial charge < -0.3 is 4.40 Å². The molecule has 5 nitrogen and oxygen atoms in total. The van der Waals surface area contributed by atoms with Crippen molar-refractivity contribution in [3.05, 3.63) is 75.2 Å². The lowest BCUT2D eigenvalue weighted by Gasteiger charge is -2.06. The Bertz CT molecular complexity index is 1140. The lowest BCUT2D eigenvalue weighted by Crippen LogP contribution is -2.21. The van der Waals surface area contributed by atoms with Crippen LogP contribution in [0.15, 0.2) is 47.8 Å². The molecule has 3 heterocycles. The fourth-order valence-corrected chi connectivity index (χ4v) is 3.18. The van der Waals surface area contributed by atoms with Crippen molar-refractivity contribution in [1.82, 2.24) is 18.9 Å². The van der Waals surface area contributed by atoms with Gasteiger partial charge in [-0.15, -0.1) is 0 Å². The van der Waals surface area contributed by atoms with E-state index in [2.05, 4.69) is 9.97 Å². The second-order valence-corrected chi connectivity index (χ2v) is 6.43. The van der Waals surface area contributed by atoms with E-state index in [1.165, 1.54) is 0 Å². The molecule has 0 saturated heterocycles. The molecule has 0 saturated carbocycles. The number of hydrogen-bond donors (Lipinski definition) is 0. The molecule has 0 aliphatic heterocycles. The first-order chi connectivity index (χ1) is 11.5. The Kier molecular flexibility index (Phi) is 3.39. The summed E-state index contributed by atoms with van der Waals surface area (Å²) in [5.74, 6) is 0. The third-order valence-electron chi connectivity index (χ3n) is 4.08. The summed E-state index contributed by atoms with van der Waals surface area (Å²) in [7, 11) is 0. The van der Waals surface area contributed by atoms with Crippen LogP contribution < -0.4 is 5.56 Å². The minimum Gasteiger partial charge on any atom is -0.307 e. The van der Waals surface area contributed by atoms with E-state index in [0.717, 1.165) is 22.5 Å². The van der Waals surface area contributed by atoms with Crippen LogP contribution in [0.3, 0.4) is 0 Å². The average molecular weight is 339 g/mol. The first kappa shape index (κ1) is 14.9. The molecule has 4 rings (SSSR count). The van der Waals surface area contributed by atoms with Crippen molar-refractivity contribution >= 4 is 28.2 Å². The number of imidazole rings is 1. The lowest BCUT2D eigenvalue weighted by molar-refractivity contribution is 0.734. The van der Waals surface area contributed by atoms with Gasteiger partial charge in [0.15, 0.2) is 0 Å². The van der Waals surface area contributed by atoms with Gasteiger partial charge in [-0.1, -0.05) is 11.6 Å². The van der Waals surface area contributed by atoms with Gasteiger partial charge in [0, 0.05) is 17.4 Å². The maximum atomic E-state index is 12.7. The number of aromatic nitrogens is 4. The number of halogens is 1. The number of pyridine rings is 1. The molecule has 0 unspecified atom stereocenters. The van der Waals surface area contributed by atoms with Crippen LogP contribution in [0.25, 0.3) is 16.6 Å². The Morgan fingerprint density at radius 3 is 2.88 bits per heavy atom. The van der Waals surface area contributed by atoms with Gasteiger partial charge >= 0.3 is 0 Å². The molecule has 0 aliphatic rings. The fraction of sp³-hybridized carbons (Fsp3) is 0.167. The van der Waals surface area contributed by atoms with Gasteiger partial charge in [-0.25, -0.2) is 9.97 Å². The van der Waals surface area contributed by atoms with E-state index in [9.17, 15) is 4.79 Å². The summed E-state index contributed by atoms with van der Waals surface area (Å²) in [6.45, 7) is 4.29. The van der Waals surface area contributed by atoms with Crippen molar-refractivity contribution in [2.45, 2.75) is 20.4 Å². The van der Waals surface area contributed by atoms with Crippen molar-refractivity contribution in [1.29, 1.82) is 0 Å². The summed E-state index contributed by atoms with van der Waals surface area (Å²) < 4.78 is 3.51. The quantitative estimate of drug-likeness (QED) is 0.563. The highest BCUT2D eigenvalue weighted by atomic mass is 35.5. The van der Waals surface area contributed by atoms with Crippen LogP contribution in [-0.4, -0.2) is 18.9 Å². The molecule has 0 fully saturated rings. The first-order valence-corrected chi connectivity index (χ1v) is 7.98. The van der Waals surface area contributed by atoms with Gasteiger partial charge in [0.05, 0.1) is 29.5 Å². The maximum Gasteiger partial charge on any atom is 0.261 e. The Morgan fingerprint density at radius 2 is 2.04 bits per heavy atom. The number of benzene rings is 1. The molecule has 0 aliphatic carbocycles. The standard InChI is InChI=1S/C18H15ClN4O/c1-11-3-4-22-8-14(21-16(22)5-11)9-23-10-20-17-12(2)6-13(19)7-15(17)18(23)24/h3-8,10H,9H2,1-2H3. The zero-order valence-electron chi connectivity index (χ0n) is 13.3. The monoisotopic (exact) mass is 338 g/mol. The summed E-state index contributed by atoms with van der Waals surface area (Å²) >= 11 is 6.09. The normalized spacial score (nSPS) is 11.5. The van der Waals surface area contributed by atoms with Crippen LogP contribution in [0.1, 0.15) is 16.8 Å². The van der Waals surface area contributed by atoms with Crippen molar-refractivity contribution in [2.75, 3.05) is 0 Å². The van der Waals surface area contributed by atoms with Gasteiger partial charge in [-0.05, 0) is 49.2 Å². The molecule has 0 bridgehead atoms. The van der Waals surface area contributed by atoms with Crippen molar-refractivity contribution in [2.24, 2.45) is 0 Å². The third kappa shape index (κ3) is 2.47. The second kappa shape index (κ2) is 5.46. The minimum atomic E-state index is -0.112. The van der Waals surface area contributed by atoms with Gasteiger partial charge in [-0.2, -0.15) is 0 Å². The first-order valence-electron chi connectivity index (χ1n) is 7.61. The predicted molar refractivity (Wildman–Crippen MR) is 94.8 cm³/mol. The predicted octanol–water partition coefficient (Wildman–Crippen LogP) is 3.36. The van der Waals surface area contributed by atoms with Crippen LogP contribution in [0.2, 0.25) is 5.02 Å². The van der Waals surface area contributed by atoms with Gasteiger partial charge in [0.1, 0.15) is 5.65 Å². The van der Waals surface area contributed by atoms with Crippen molar-refractivity contribution in [3.8, 4) is 0 Å². The molecule has 4 aromatic rings. The summed E-state index contributed by atoms with van der Waals surface area (Å²) in [5, 5.41) is 1.07. The average Bonchev–Trinajstić information content (AvgIpc) is 2.92. The van der Waals surface area contributed by atoms with Crippen LogP contribution >= 0.6 is 11.6 Å². The topological polar surface area (TPSA) is 52.2 Å². The number of nitrogens with zero attached hydrogens (tertiary/aromatic N) is 4. The molecular formula is C18H15ClN4O. The second-order valence-electron chi connectivity index (χ2n) is 6.00. The number of fused-ring (bicyclic) bond motifs is 2. The fourth-order valence-electron chi connectivity index (χ4n) is 2.90. The van der Waals surface area contributed by atoms with E-state index >= 15 is 0 Å². The molecular weight excluding hydrogens is 324 g/mol. The highest BCUT2D eigenvalue weighted by molar-refractivity contribution is 6.31. The minimum absolute atomic E-state index is 0.112. The molecule has 120 valence electrons. The smallest absolute Gasteiger partial charge is 0.261 e. The highest BCUT2D eigenvalue weighted by Gasteiger charge is 2.10. The zero-order valence-corrected chi connectivity index (χ0v) is 14.1. The molecule has 3 aromatic heterocycles. The Morgan fingerprint density at radius 1 is 1.21 bits per heavy atom. The maximum absolute atomic E-state index is 12.7. The Balaban J connectivity index is 1.81. The van der Waals surface area contributed by atoms with Crippen LogP contribution in [0.4, 0.5) is 0 Å². The summed E-state index contributed by atoms with van der Waals surface area (Å²) in [6.07, 6.45) is 5.46. The Labute approximate surface area is 143 Å². The molecule has 0 spiro atoms. The lowest BCUT2D eigenvalue weighted by atomic mass is 10.1. The Hall–Kier alpha value is -2.66. The highest BCUT2D eigenvalue weighted by Crippen LogP contribution is 2.19. The largest absolute Gasteiger partial charge is 0.307 e. The molecule has 0 atom stereocenters. The van der Waals surface area contributed by atoms with Gasteiger partial charge in [-0.3, -0.25) is 9.36 Å². The van der Waals surface area contributed by atoms with E-state index in [1.54, 1.807) is 17.0 Å². The summed E-state index contributed by atoms with van der Waals surface area (Å²) in [5.41, 5.74) is 4.29. The number of aryl methyl sites for hydroxylation is 2. The van der Waals surface area contributed by atoms with Gasteiger partial charge in [0.25, 0.3) is 5.56 Å². The molecule has 6 heteroatoms. The van der Waals surface area contributed by atoms with Gasteiger partial charge in [0.2, 0.25) is 0 Å². The molecule has 1 aromatic carbocycles. The zero-order chi connectivity index (χ0) is 16.8. The third-order valence-corrected chi connectivity index (χ3v) is 4.30. The molecule has 24 heavy (non-hydrogen) atoms. The number of rotatable bonds is 2. The number of hydrogen-bond acceptors (Lipinski definition) is 3. The molecule has 0 N–H and O–H groups in total. The summed E-state index contributed by atoms with van der Waals surface area (Å²) in [4.78, 5) is 21.7. The molecule has 0 amide bonds. The molecule has 0 radical (unpaired) electrons. The van der Waals surface area contributed by atoms with Crippen molar-refractivity contribution < 1.29 is 0 Å². The van der Waals surface area contributed by atoms with E-state index in [4.69, 9.17) is 11.6 Å². The summed E-state index contributed by atoms with van der Waals surface area (Å²) in [6, 6.07) is 7.51. The van der Waals surface area contributed by atoms with E-state index in [0.29, 0.717) is 22.5 Å².